The Morgan fingerprint density at radius 2 is 2.50 bits per heavy atom. The van der Waals surface area contributed by atoms with Gasteiger partial charge in [0, 0.05) is 12.8 Å². The highest BCUT2D eigenvalue weighted by Gasteiger charge is 2.11. The van der Waals surface area contributed by atoms with E-state index in [0.717, 1.165) is 6.54 Å². The largest absolute Gasteiger partial charge is 0.291 e. The number of hydrogen-bond donors (Lipinski definition) is 1. The molecule has 2 heteroatoms. The van der Waals surface area contributed by atoms with Crippen molar-refractivity contribution in [3.8, 4) is 0 Å². The van der Waals surface area contributed by atoms with Gasteiger partial charge in [0.15, 0.2) is 0 Å². The number of nitrogens with one attached hydrogen (secondary N) is 1. The molecule has 0 saturated heterocycles. The lowest BCUT2D eigenvalue weighted by Crippen LogP contribution is -2.27. The van der Waals surface area contributed by atoms with Crippen LogP contribution in [-0.4, -0.2) is 18.9 Å². The van der Waals surface area contributed by atoms with Crippen LogP contribution in [0.3, 0.4) is 0 Å². The van der Waals surface area contributed by atoms with E-state index in [0.29, 0.717) is 12.1 Å². The Bertz CT molecular complexity index is 96.7. The fourth-order valence-electron chi connectivity index (χ4n) is 0.800. The third-order valence-electron chi connectivity index (χ3n) is 1.32. The summed E-state index contributed by atoms with van der Waals surface area (Å²) >= 11 is 0. The summed E-state index contributed by atoms with van der Waals surface area (Å²) in [6.07, 6.45) is 2.32. The average Bonchev–Trinajstić information content (AvgIpc) is 2.12. The van der Waals surface area contributed by atoms with Gasteiger partial charge in [-0.05, 0) is 5.92 Å². The van der Waals surface area contributed by atoms with Crippen LogP contribution in [-0.2, 0) is 0 Å². The van der Waals surface area contributed by atoms with E-state index in [4.69, 9.17) is 0 Å². The minimum Gasteiger partial charge on any atom is -0.291 e. The molecular weight excluding hydrogens is 100 g/mol. The normalized spacial score (nSPS) is 27.6. The van der Waals surface area contributed by atoms with Gasteiger partial charge in [-0.2, -0.15) is 0 Å². The molecule has 2 nitrogen and oxygen atoms in total. The number of rotatable bonds is 1. The lowest BCUT2D eigenvalue weighted by molar-refractivity contribution is 0.453. The smallest absolute Gasteiger partial charge is 0.102 e. The van der Waals surface area contributed by atoms with E-state index >= 15 is 0 Å². The first-order valence-electron chi connectivity index (χ1n) is 3.05. The van der Waals surface area contributed by atoms with Gasteiger partial charge in [0.25, 0.3) is 0 Å². The van der Waals surface area contributed by atoms with Crippen LogP contribution in [0.25, 0.3) is 0 Å². The molecule has 0 amide bonds. The van der Waals surface area contributed by atoms with E-state index in [1.165, 1.54) is 0 Å². The molecule has 8 heavy (non-hydrogen) atoms. The van der Waals surface area contributed by atoms with Crippen molar-refractivity contribution >= 4 is 6.21 Å². The molecule has 0 radical (unpaired) electrons. The van der Waals surface area contributed by atoms with Gasteiger partial charge in [0.05, 0.1) is 0 Å². The summed E-state index contributed by atoms with van der Waals surface area (Å²) in [6, 6.07) is 0. The summed E-state index contributed by atoms with van der Waals surface area (Å²) in [5.74, 6) is 0.633. The lowest BCUT2D eigenvalue weighted by atomic mass is 10.2. The fourth-order valence-corrected chi connectivity index (χ4v) is 0.800. The topological polar surface area (TPSA) is 24.4 Å². The molecule has 1 N–H and O–H groups in total. The second-order valence-electron chi connectivity index (χ2n) is 2.43. The number of hydrogen-bond acceptors (Lipinski definition) is 2. The van der Waals surface area contributed by atoms with E-state index < -0.39 is 0 Å². The predicted octanol–water partition coefficient (Wildman–Crippen LogP) is 0.643. The van der Waals surface area contributed by atoms with E-state index in [1.807, 2.05) is 6.21 Å². The summed E-state index contributed by atoms with van der Waals surface area (Å²) < 4.78 is 0. The molecule has 0 spiro atoms. The average molecular weight is 112 g/mol. The third kappa shape index (κ3) is 1.07. The SMILES string of the molecule is CC(C)C1N=CCN1. The van der Waals surface area contributed by atoms with Gasteiger partial charge in [-0.1, -0.05) is 13.8 Å². The van der Waals surface area contributed by atoms with Crippen LogP contribution in [0.4, 0.5) is 0 Å². The van der Waals surface area contributed by atoms with Gasteiger partial charge in [-0.3, -0.25) is 10.3 Å². The van der Waals surface area contributed by atoms with Gasteiger partial charge < -0.3 is 0 Å². The van der Waals surface area contributed by atoms with E-state index in [2.05, 4.69) is 24.2 Å². The number of nitrogens with zero attached hydrogens (tertiary/aromatic N) is 1. The molecule has 0 aromatic rings. The molecule has 0 saturated carbocycles. The van der Waals surface area contributed by atoms with E-state index in [1.54, 1.807) is 0 Å². The summed E-state index contributed by atoms with van der Waals surface area (Å²) in [4.78, 5) is 4.20. The molecule has 1 aliphatic rings. The Labute approximate surface area is 50.0 Å². The predicted molar refractivity (Wildman–Crippen MR) is 35.1 cm³/mol. The summed E-state index contributed by atoms with van der Waals surface area (Å²) in [6.45, 7) is 5.28. The zero-order valence-electron chi connectivity index (χ0n) is 5.39. The van der Waals surface area contributed by atoms with Crippen LogP contribution in [0.15, 0.2) is 4.99 Å². The molecule has 0 bridgehead atoms. The van der Waals surface area contributed by atoms with Gasteiger partial charge in [-0.15, -0.1) is 0 Å². The lowest BCUT2D eigenvalue weighted by Gasteiger charge is -2.10. The molecule has 0 fully saturated rings. The summed E-state index contributed by atoms with van der Waals surface area (Å²) in [5, 5.41) is 3.23. The molecule has 1 rings (SSSR count). The molecule has 46 valence electrons. The van der Waals surface area contributed by atoms with Crippen molar-refractivity contribution in [3.05, 3.63) is 0 Å². The van der Waals surface area contributed by atoms with Crippen molar-refractivity contribution in [1.82, 2.24) is 5.32 Å². The zero-order chi connectivity index (χ0) is 5.98. The van der Waals surface area contributed by atoms with Crippen LogP contribution >= 0.6 is 0 Å². The van der Waals surface area contributed by atoms with Crippen LogP contribution in [0.1, 0.15) is 13.8 Å². The molecule has 0 aliphatic carbocycles. The second-order valence-corrected chi connectivity index (χ2v) is 2.43. The van der Waals surface area contributed by atoms with Crippen LogP contribution < -0.4 is 5.32 Å². The highest BCUT2D eigenvalue weighted by molar-refractivity contribution is 5.61. The molecule has 1 aliphatic heterocycles. The van der Waals surface area contributed by atoms with Crippen molar-refractivity contribution in [2.24, 2.45) is 10.9 Å². The summed E-state index contributed by atoms with van der Waals surface area (Å²) in [5.41, 5.74) is 0. The first-order valence-corrected chi connectivity index (χ1v) is 3.05. The minimum atomic E-state index is 0.384. The quantitative estimate of drug-likeness (QED) is 0.529. The third-order valence-corrected chi connectivity index (χ3v) is 1.32. The van der Waals surface area contributed by atoms with Gasteiger partial charge >= 0.3 is 0 Å². The molecule has 0 aromatic carbocycles. The van der Waals surface area contributed by atoms with Crippen molar-refractivity contribution in [2.75, 3.05) is 6.54 Å². The monoisotopic (exact) mass is 112 g/mol. The number of aliphatic imine (C=N–C) groups is 1. The van der Waals surface area contributed by atoms with Crippen LogP contribution in [0, 0.1) is 5.92 Å². The highest BCUT2D eigenvalue weighted by atomic mass is 15.1. The van der Waals surface area contributed by atoms with Crippen molar-refractivity contribution in [1.29, 1.82) is 0 Å². The van der Waals surface area contributed by atoms with Crippen molar-refractivity contribution in [3.63, 3.8) is 0 Å². The maximum Gasteiger partial charge on any atom is 0.102 e. The minimum absolute atomic E-state index is 0.384. The van der Waals surface area contributed by atoms with E-state index in [9.17, 15) is 0 Å². The maximum absolute atomic E-state index is 4.20. The Morgan fingerprint density at radius 3 is 2.75 bits per heavy atom. The van der Waals surface area contributed by atoms with E-state index in [-0.39, 0.29) is 0 Å². The van der Waals surface area contributed by atoms with Crippen LogP contribution in [0.5, 0.6) is 0 Å². The second kappa shape index (κ2) is 2.27. The van der Waals surface area contributed by atoms with Gasteiger partial charge in [0.2, 0.25) is 0 Å². The Hall–Kier alpha value is -0.370. The molecule has 1 atom stereocenters. The first-order chi connectivity index (χ1) is 3.80. The zero-order valence-corrected chi connectivity index (χ0v) is 5.39. The first kappa shape index (κ1) is 5.76. The maximum atomic E-state index is 4.20. The van der Waals surface area contributed by atoms with Crippen LogP contribution in [0.2, 0.25) is 0 Å². The molecule has 1 unspecified atom stereocenters. The van der Waals surface area contributed by atoms with Gasteiger partial charge in [0.1, 0.15) is 6.17 Å². The Balaban J connectivity index is 2.36. The Kier molecular flexibility index (Phi) is 1.63. The van der Waals surface area contributed by atoms with Crippen molar-refractivity contribution in [2.45, 2.75) is 20.0 Å². The molecule has 1 heterocycles. The highest BCUT2D eigenvalue weighted by Crippen LogP contribution is 2.03. The summed E-state index contributed by atoms with van der Waals surface area (Å²) in [7, 11) is 0. The Morgan fingerprint density at radius 1 is 1.75 bits per heavy atom. The van der Waals surface area contributed by atoms with Crippen molar-refractivity contribution < 1.29 is 0 Å². The molecular formula is C6H12N2. The standard InChI is InChI=1S/C6H12N2/c1-5(2)6-7-3-4-8-6/h3,5-6,8H,4H2,1-2H3. The fraction of sp³-hybridized carbons (Fsp3) is 0.833. The van der Waals surface area contributed by atoms with Gasteiger partial charge in [-0.25, -0.2) is 0 Å². The molecule has 0 aromatic heterocycles.